The summed E-state index contributed by atoms with van der Waals surface area (Å²) in [4.78, 5) is 2.41. The Balaban J connectivity index is 2.45. The topological polar surface area (TPSA) is 15.3 Å². The van der Waals surface area contributed by atoms with Crippen LogP contribution >= 0.6 is 0 Å². The first-order chi connectivity index (χ1) is 8.82. The molecular weight excluding hydrogens is 232 g/mol. The number of nitrogens with zero attached hydrogens (tertiary/aromatic N) is 1. The molecule has 0 heterocycles. The van der Waals surface area contributed by atoms with Crippen LogP contribution in [0, 0.1) is 12.3 Å². The van der Waals surface area contributed by atoms with Crippen LogP contribution in [0.1, 0.15) is 38.3 Å². The van der Waals surface area contributed by atoms with Crippen molar-refractivity contribution in [2.75, 3.05) is 20.6 Å². The van der Waals surface area contributed by atoms with Crippen LogP contribution in [-0.4, -0.2) is 31.6 Å². The minimum Gasteiger partial charge on any atom is -0.316 e. The number of hydrogen-bond donors (Lipinski definition) is 1. The average Bonchev–Trinajstić information content (AvgIpc) is 2.27. The fraction of sp³-hybridized carbons (Fsp3) is 0.647. The van der Waals surface area contributed by atoms with Gasteiger partial charge in [0.1, 0.15) is 0 Å². The van der Waals surface area contributed by atoms with E-state index in [1.54, 1.807) is 0 Å². The molecule has 0 amide bonds. The van der Waals surface area contributed by atoms with Crippen molar-refractivity contribution in [3.63, 3.8) is 0 Å². The zero-order chi connectivity index (χ0) is 14.5. The van der Waals surface area contributed by atoms with Gasteiger partial charge in [0.2, 0.25) is 0 Å². The van der Waals surface area contributed by atoms with E-state index in [0.717, 1.165) is 13.1 Å². The Labute approximate surface area is 119 Å². The summed E-state index contributed by atoms with van der Waals surface area (Å²) < 4.78 is 0. The molecule has 0 radical (unpaired) electrons. The van der Waals surface area contributed by atoms with Gasteiger partial charge in [0.25, 0.3) is 0 Å². The standard InChI is InChI=1S/C17H30N2/c1-14-8-7-9-15(12-14)13-19(6)11-10-16(18-5)17(2,3)4/h7-9,12,16,18H,10-11,13H2,1-6H3. The first-order valence-electron chi connectivity index (χ1n) is 7.24. The maximum absolute atomic E-state index is 3.44. The third kappa shape index (κ3) is 5.75. The van der Waals surface area contributed by atoms with E-state index in [0.29, 0.717) is 11.5 Å². The van der Waals surface area contributed by atoms with Gasteiger partial charge in [-0.1, -0.05) is 50.6 Å². The predicted molar refractivity (Wildman–Crippen MR) is 84.4 cm³/mol. The van der Waals surface area contributed by atoms with Gasteiger partial charge < -0.3 is 10.2 Å². The van der Waals surface area contributed by atoms with Gasteiger partial charge in [-0.2, -0.15) is 0 Å². The van der Waals surface area contributed by atoms with Gasteiger partial charge in [-0.25, -0.2) is 0 Å². The first-order valence-corrected chi connectivity index (χ1v) is 7.24. The average molecular weight is 262 g/mol. The number of rotatable bonds is 6. The summed E-state index contributed by atoms with van der Waals surface area (Å²) in [5.41, 5.74) is 3.06. The predicted octanol–water partition coefficient (Wildman–Crippen LogP) is 3.45. The van der Waals surface area contributed by atoms with E-state index >= 15 is 0 Å². The Morgan fingerprint density at radius 3 is 2.47 bits per heavy atom. The highest BCUT2D eigenvalue weighted by Crippen LogP contribution is 2.21. The molecule has 0 fully saturated rings. The first kappa shape index (κ1) is 16.2. The second kappa shape index (κ2) is 7.06. The maximum atomic E-state index is 3.44. The Kier molecular flexibility index (Phi) is 6.02. The highest BCUT2D eigenvalue weighted by atomic mass is 15.1. The Morgan fingerprint density at radius 2 is 1.95 bits per heavy atom. The normalized spacial score (nSPS) is 13.8. The molecule has 1 aromatic carbocycles. The minimum atomic E-state index is 0.318. The monoisotopic (exact) mass is 262 g/mol. The molecule has 0 saturated carbocycles. The van der Waals surface area contributed by atoms with Crippen molar-refractivity contribution in [2.24, 2.45) is 5.41 Å². The summed E-state index contributed by atoms with van der Waals surface area (Å²) in [5, 5.41) is 3.44. The van der Waals surface area contributed by atoms with E-state index in [4.69, 9.17) is 0 Å². The molecule has 2 heteroatoms. The van der Waals surface area contributed by atoms with Gasteiger partial charge in [-0.15, -0.1) is 0 Å². The third-order valence-corrected chi connectivity index (χ3v) is 3.73. The van der Waals surface area contributed by atoms with Gasteiger partial charge >= 0.3 is 0 Å². The number of aryl methyl sites for hydroxylation is 1. The molecule has 0 aliphatic rings. The van der Waals surface area contributed by atoms with Crippen LogP contribution in [0.3, 0.4) is 0 Å². The lowest BCUT2D eigenvalue weighted by Crippen LogP contribution is -2.40. The number of nitrogens with one attached hydrogen (secondary N) is 1. The van der Waals surface area contributed by atoms with Crippen molar-refractivity contribution in [3.05, 3.63) is 35.4 Å². The lowest BCUT2D eigenvalue weighted by atomic mass is 9.85. The molecule has 1 rings (SSSR count). The van der Waals surface area contributed by atoms with Crippen molar-refractivity contribution < 1.29 is 0 Å². The summed E-state index contributed by atoms with van der Waals surface area (Å²) in [5.74, 6) is 0. The SMILES string of the molecule is CNC(CCN(C)Cc1cccc(C)c1)C(C)(C)C. The van der Waals surface area contributed by atoms with Crippen molar-refractivity contribution in [1.29, 1.82) is 0 Å². The lowest BCUT2D eigenvalue weighted by Gasteiger charge is -2.32. The van der Waals surface area contributed by atoms with Gasteiger partial charge in [-0.3, -0.25) is 0 Å². The number of hydrogen-bond acceptors (Lipinski definition) is 2. The molecule has 1 aromatic rings. The Hall–Kier alpha value is -0.860. The van der Waals surface area contributed by atoms with Crippen molar-refractivity contribution in [3.8, 4) is 0 Å². The molecule has 1 N–H and O–H groups in total. The molecular formula is C17H30N2. The summed E-state index contributed by atoms with van der Waals surface area (Å²) >= 11 is 0. The van der Waals surface area contributed by atoms with Crippen LogP contribution in [0.2, 0.25) is 0 Å². The molecule has 108 valence electrons. The third-order valence-electron chi connectivity index (χ3n) is 3.73. The molecule has 1 atom stereocenters. The van der Waals surface area contributed by atoms with E-state index in [-0.39, 0.29) is 0 Å². The van der Waals surface area contributed by atoms with Crippen LogP contribution in [0.15, 0.2) is 24.3 Å². The second-order valence-corrected chi connectivity index (χ2v) is 6.72. The highest BCUT2D eigenvalue weighted by Gasteiger charge is 2.22. The molecule has 0 spiro atoms. The largest absolute Gasteiger partial charge is 0.316 e. The highest BCUT2D eigenvalue weighted by molar-refractivity contribution is 5.21. The Morgan fingerprint density at radius 1 is 1.26 bits per heavy atom. The molecule has 0 saturated heterocycles. The van der Waals surface area contributed by atoms with Crippen molar-refractivity contribution in [2.45, 2.75) is 46.7 Å². The second-order valence-electron chi connectivity index (χ2n) is 6.72. The maximum Gasteiger partial charge on any atom is 0.0230 e. The van der Waals surface area contributed by atoms with E-state index in [9.17, 15) is 0 Å². The molecule has 0 aliphatic heterocycles. The summed E-state index contributed by atoms with van der Waals surface area (Å²) in [7, 11) is 4.27. The van der Waals surface area contributed by atoms with Crippen molar-refractivity contribution >= 4 is 0 Å². The summed E-state index contributed by atoms with van der Waals surface area (Å²) in [6.07, 6.45) is 1.18. The Bertz CT molecular complexity index is 379. The summed E-state index contributed by atoms with van der Waals surface area (Å²) in [6.45, 7) is 11.2. The van der Waals surface area contributed by atoms with E-state index in [1.165, 1.54) is 17.5 Å². The van der Waals surface area contributed by atoms with Crippen molar-refractivity contribution in [1.82, 2.24) is 10.2 Å². The molecule has 1 unspecified atom stereocenters. The van der Waals surface area contributed by atoms with Gasteiger partial charge in [0, 0.05) is 12.6 Å². The zero-order valence-corrected chi connectivity index (χ0v) is 13.5. The summed E-state index contributed by atoms with van der Waals surface area (Å²) in [6, 6.07) is 9.34. The fourth-order valence-electron chi connectivity index (χ4n) is 2.56. The zero-order valence-electron chi connectivity index (χ0n) is 13.5. The van der Waals surface area contributed by atoms with Crippen LogP contribution < -0.4 is 5.32 Å². The fourth-order valence-corrected chi connectivity index (χ4v) is 2.56. The minimum absolute atomic E-state index is 0.318. The van der Waals surface area contributed by atoms with Crippen LogP contribution in [0.4, 0.5) is 0 Å². The van der Waals surface area contributed by atoms with Crippen LogP contribution in [0.5, 0.6) is 0 Å². The van der Waals surface area contributed by atoms with Crippen LogP contribution in [-0.2, 0) is 6.54 Å². The van der Waals surface area contributed by atoms with Crippen LogP contribution in [0.25, 0.3) is 0 Å². The smallest absolute Gasteiger partial charge is 0.0230 e. The molecule has 0 bridgehead atoms. The lowest BCUT2D eigenvalue weighted by molar-refractivity contribution is 0.227. The van der Waals surface area contributed by atoms with Gasteiger partial charge in [0.15, 0.2) is 0 Å². The molecule has 0 aromatic heterocycles. The van der Waals surface area contributed by atoms with E-state index in [1.807, 2.05) is 0 Å². The van der Waals surface area contributed by atoms with E-state index in [2.05, 4.69) is 76.3 Å². The molecule has 0 aliphatic carbocycles. The molecule has 19 heavy (non-hydrogen) atoms. The van der Waals surface area contributed by atoms with Gasteiger partial charge in [-0.05, 0) is 45.0 Å². The quantitative estimate of drug-likeness (QED) is 0.844. The van der Waals surface area contributed by atoms with Gasteiger partial charge in [0.05, 0.1) is 0 Å². The molecule has 2 nitrogen and oxygen atoms in total. The number of benzene rings is 1. The van der Waals surface area contributed by atoms with E-state index < -0.39 is 0 Å².